The number of benzene rings is 2. The monoisotopic (exact) mass is 369 g/mol. The van der Waals surface area contributed by atoms with Crippen molar-refractivity contribution in [2.24, 2.45) is 0 Å². The molecule has 0 saturated carbocycles. The maximum Gasteiger partial charge on any atom is 0.164 e. The van der Waals surface area contributed by atoms with Crippen LogP contribution in [0.5, 0.6) is 0 Å². The third-order valence-corrected chi connectivity index (χ3v) is 3.13. The van der Waals surface area contributed by atoms with Crippen molar-refractivity contribution in [3.63, 3.8) is 0 Å². The van der Waals surface area contributed by atoms with Gasteiger partial charge in [-0.2, -0.15) is 0 Å². The van der Waals surface area contributed by atoms with E-state index in [4.69, 9.17) is 30.2 Å². The van der Waals surface area contributed by atoms with Gasteiger partial charge in [0.15, 0.2) is 6.21 Å². The van der Waals surface area contributed by atoms with Gasteiger partial charge in [-0.15, -0.1) is 10.2 Å². The van der Waals surface area contributed by atoms with E-state index in [1.165, 1.54) is 11.1 Å². The molecule has 2 aromatic rings. The Balaban J connectivity index is 0.000000505. The lowest BCUT2D eigenvalue weighted by molar-refractivity contribution is -2.00. The Hall–Kier alpha value is -1.73. The SMILES string of the molecule is C[N+](C)=C/C=C(\Cl)c1ccc(-c2ccccc2)cc1.[O-][Cl+3]([O-])([O-])[O-]. The van der Waals surface area contributed by atoms with Crippen molar-refractivity contribution in [3.8, 4) is 11.1 Å². The summed E-state index contributed by atoms with van der Waals surface area (Å²) in [6.45, 7) is 0. The van der Waals surface area contributed by atoms with Gasteiger partial charge in [0, 0.05) is 6.08 Å². The van der Waals surface area contributed by atoms with Gasteiger partial charge in [-0.05, 0) is 16.7 Å². The zero-order valence-electron chi connectivity index (χ0n) is 13.2. The molecule has 2 aromatic carbocycles. The maximum atomic E-state index is 8.49. The van der Waals surface area contributed by atoms with E-state index >= 15 is 0 Å². The van der Waals surface area contributed by atoms with Gasteiger partial charge in [-0.25, -0.2) is 23.2 Å². The highest BCUT2D eigenvalue weighted by Crippen LogP contribution is 2.23. The van der Waals surface area contributed by atoms with Crippen molar-refractivity contribution >= 4 is 22.8 Å². The molecule has 0 N–H and O–H groups in total. The molecule has 0 heterocycles. The first-order valence-corrected chi connectivity index (χ1v) is 8.43. The molecule has 5 nitrogen and oxygen atoms in total. The molecule has 24 heavy (non-hydrogen) atoms. The molecule has 0 aliphatic rings. The molecule has 0 amide bonds. The number of hydrogen-bond donors (Lipinski definition) is 0. The standard InChI is InChI=1S/C17H17ClN.ClHO4/c1-19(2)13-12-17(18)16-10-8-15(9-11-16)14-6-4-3-5-7-14;2-1(3,4)5/h3-13H,1-2H3;(H,2,3,4,5)/q+1;/p-1/b17-12-;. The minimum Gasteiger partial charge on any atom is -0.241 e. The summed E-state index contributed by atoms with van der Waals surface area (Å²) in [5.74, 6) is 0. The average Bonchev–Trinajstić information content (AvgIpc) is 2.52. The van der Waals surface area contributed by atoms with Crippen LogP contribution >= 0.6 is 11.6 Å². The average molecular weight is 370 g/mol. The van der Waals surface area contributed by atoms with Crippen LogP contribution in [0.15, 0.2) is 60.7 Å². The van der Waals surface area contributed by atoms with Crippen LogP contribution in [-0.2, 0) is 0 Å². The molecule has 0 bridgehead atoms. The number of rotatable bonds is 3. The lowest BCUT2D eigenvalue weighted by Gasteiger charge is -2.17. The normalized spacial score (nSPS) is 11.4. The number of nitrogens with zero attached hydrogens (tertiary/aromatic N) is 1. The summed E-state index contributed by atoms with van der Waals surface area (Å²) < 4.78 is 35.9. The Bertz CT molecular complexity index is 683. The molecule has 0 fully saturated rings. The Labute approximate surface area is 148 Å². The first kappa shape index (κ1) is 20.3. The summed E-state index contributed by atoms with van der Waals surface area (Å²) in [5, 5.41) is 0.744. The molecule has 0 saturated heterocycles. The van der Waals surface area contributed by atoms with Gasteiger partial charge in [0.25, 0.3) is 0 Å². The van der Waals surface area contributed by atoms with E-state index in [2.05, 4.69) is 24.3 Å². The minimum atomic E-state index is -4.94. The smallest absolute Gasteiger partial charge is 0.164 e. The summed E-state index contributed by atoms with van der Waals surface area (Å²) in [6.07, 6.45) is 3.84. The summed E-state index contributed by atoms with van der Waals surface area (Å²) in [7, 11) is -1.00. The molecule has 0 aromatic heterocycles. The summed E-state index contributed by atoms with van der Waals surface area (Å²) in [4.78, 5) is 0. The van der Waals surface area contributed by atoms with Crippen molar-refractivity contribution in [2.45, 2.75) is 0 Å². The van der Waals surface area contributed by atoms with Crippen LogP contribution in [0.4, 0.5) is 0 Å². The first-order valence-electron chi connectivity index (χ1n) is 6.81. The van der Waals surface area contributed by atoms with Crippen molar-refractivity contribution < 1.29 is 33.5 Å². The van der Waals surface area contributed by atoms with Gasteiger partial charge >= 0.3 is 0 Å². The van der Waals surface area contributed by atoms with Gasteiger partial charge in [0.1, 0.15) is 14.1 Å². The molecule has 0 atom stereocenters. The highest BCUT2D eigenvalue weighted by atomic mass is 35.7. The highest BCUT2D eigenvalue weighted by Gasteiger charge is 2.00. The zero-order valence-corrected chi connectivity index (χ0v) is 14.7. The van der Waals surface area contributed by atoms with Crippen molar-refractivity contribution in [1.29, 1.82) is 0 Å². The fourth-order valence-corrected chi connectivity index (χ4v) is 1.95. The van der Waals surface area contributed by atoms with Crippen LogP contribution in [0, 0.1) is 10.2 Å². The molecule has 0 unspecified atom stereocenters. The fraction of sp³-hybridized carbons (Fsp3) is 0.118. The van der Waals surface area contributed by atoms with Crippen LogP contribution < -0.4 is 18.6 Å². The van der Waals surface area contributed by atoms with Gasteiger partial charge in [-0.3, -0.25) is 0 Å². The van der Waals surface area contributed by atoms with Crippen LogP contribution in [-0.4, -0.2) is 24.9 Å². The molecule has 128 valence electrons. The van der Waals surface area contributed by atoms with Crippen LogP contribution in [0.3, 0.4) is 0 Å². The molecule has 0 radical (unpaired) electrons. The third-order valence-electron chi connectivity index (χ3n) is 2.79. The largest absolute Gasteiger partial charge is 0.241 e. The quantitative estimate of drug-likeness (QED) is 0.539. The topological polar surface area (TPSA) is 95.2 Å². The first-order chi connectivity index (χ1) is 11.2. The molecular weight excluding hydrogens is 353 g/mol. The van der Waals surface area contributed by atoms with E-state index in [1.54, 1.807) is 0 Å². The summed E-state index contributed by atoms with van der Waals surface area (Å²) in [5.41, 5.74) is 3.44. The van der Waals surface area contributed by atoms with E-state index in [0.29, 0.717) is 0 Å². The molecule has 0 aliphatic heterocycles. The minimum absolute atomic E-state index is 0.744. The molecule has 0 aliphatic carbocycles. The second-order valence-electron chi connectivity index (χ2n) is 4.95. The fourth-order valence-electron chi connectivity index (χ4n) is 1.76. The van der Waals surface area contributed by atoms with E-state index in [9.17, 15) is 0 Å². The number of hydrogen-bond acceptors (Lipinski definition) is 4. The van der Waals surface area contributed by atoms with E-state index in [-0.39, 0.29) is 0 Å². The van der Waals surface area contributed by atoms with Gasteiger partial charge < -0.3 is 0 Å². The maximum absolute atomic E-state index is 8.49. The predicted octanol–water partition coefficient (Wildman–Crippen LogP) is -0.480. The van der Waals surface area contributed by atoms with Crippen molar-refractivity contribution in [2.75, 3.05) is 14.1 Å². The summed E-state index contributed by atoms with van der Waals surface area (Å²) in [6, 6.07) is 18.6. The van der Waals surface area contributed by atoms with Gasteiger partial charge in [-0.1, -0.05) is 66.2 Å². The lowest BCUT2D eigenvalue weighted by atomic mass is 10.0. The van der Waals surface area contributed by atoms with Crippen LogP contribution in [0.25, 0.3) is 16.2 Å². The lowest BCUT2D eigenvalue weighted by Crippen LogP contribution is -2.68. The van der Waals surface area contributed by atoms with E-state index in [1.807, 2.05) is 61.3 Å². The second kappa shape index (κ2) is 9.54. The van der Waals surface area contributed by atoms with Gasteiger partial charge in [0.05, 0.1) is 5.03 Å². The zero-order chi connectivity index (χ0) is 18.2. The van der Waals surface area contributed by atoms with Gasteiger partial charge in [0.2, 0.25) is 0 Å². The number of halogens is 2. The molecule has 0 spiro atoms. The highest BCUT2D eigenvalue weighted by molar-refractivity contribution is 6.49. The van der Waals surface area contributed by atoms with Crippen molar-refractivity contribution in [3.05, 3.63) is 66.2 Å². The summed E-state index contributed by atoms with van der Waals surface area (Å²) >= 11 is 6.25. The Morgan fingerprint density at radius 1 is 0.875 bits per heavy atom. The molecule has 7 heteroatoms. The predicted molar refractivity (Wildman–Crippen MR) is 83.9 cm³/mol. The van der Waals surface area contributed by atoms with Crippen molar-refractivity contribution in [1.82, 2.24) is 0 Å². The molecule has 2 rings (SSSR count). The second-order valence-corrected chi connectivity index (χ2v) is 6.11. The van der Waals surface area contributed by atoms with E-state index in [0.717, 1.165) is 10.6 Å². The Kier molecular flexibility index (Phi) is 8.07. The van der Waals surface area contributed by atoms with Crippen LogP contribution in [0.2, 0.25) is 0 Å². The van der Waals surface area contributed by atoms with E-state index < -0.39 is 10.2 Å². The third kappa shape index (κ3) is 8.79. The number of allylic oxidation sites excluding steroid dienone is 1. The Morgan fingerprint density at radius 3 is 1.79 bits per heavy atom. The van der Waals surface area contributed by atoms with Crippen LogP contribution in [0.1, 0.15) is 5.56 Å². The molecular formula is C17H17Cl2NO4. The Morgan fingerprint density at radius 2 is 1.33 bits per heavy atom.